The Labute approximate surface area is 143 Å². The molecule has 1 rings (SSSR count). The second kappa shape index (κ2) is 10.2. The quantitative estimate of drug-likeness (QED) is 0.671. The van der Waals surface area contributed by atoms with Crippen molar-refractivity contribution in [1.82, 2.24) is 10.6 Å². The van der Waals surface area contributed by atoms with Gasteiger partial charge in [0.05, 0.1) is 0 Å². The van der Waals surface area contributed by atoms with Gasteiger partial charge >= 0.3 is 6.09 Å². The van der Waals surface area contributed by atoms with Gasteiger partial charge in [0.2, 0.25) is 0 Å². The van der Waals surface area contributed by atoms with E-state index in [4.69, 9.17) is 4.74 Å². The van der Waals surface area contributed by atoms with Crippen LogP contribution in [0.25, 0.3) is 0 Å². The van der Waals surface area contributed by atoms with E-state index in [0.29, 0.717) is 18.6 Å². The van der Waals surface area contributed by atoms with Crippen LogP contribution >= 0.6 is 0 Å². The van der Waals surface area contributed by atoms with Crippen molar-refractivity contribution in [3.8, 4) is 0 Å². The summed E-state index contributed by atoms with van der Waals surface area (Å²) in [7, 11) is 0. The molecule has 0 aromatic rings. The van der Waals surface area contributed by atoms with Crippen LogP contribution in [0.5, 0.6) is 0 Å². The van der Waals surface area contributed by atoms with E-state index < -0.39 is 5.60 Å². The third-order valence-corrected chi connectivity index (χ3v) is 4.67. The summed E-state index contributed by atoms with van der Waals surface area (Å²) >= 11 is 0. The lowest BCUT2D eigenvalue weighted by molar-refractivity contribution is 0.0520. The van der Waals surface area contributed by atoms with Crippen molar-refractivity contribution in [2.75, 3.05) is 6.54 Å². The van der Waals surface area contributed by atoms with Crippen LogP contribution in [-0.2, 0) is 4.74 Å². The van der Waals surface area contributed by atoms with E-state index in [0.717, 1.165) is 18.8 Å². The summed E-state index contributed by atoms with van der Waals surface area (Å²) < 4.78 is 5.33. The molecule has 1 saturated carbocycles. The number of nitrogens with one attached hydrogen (secondary N) is 2. The minimum Gasteiger partial charge on any atom is -0.444 e. The molecule has 136 valence electrons. The SMILES string of the molecule is CCCC(CNC(=O)OC(C)(C)C)NC1CCCC(CC)CC1. The first-order valence-corrected chi connectivity index (χ1v) is 9.57. The average Bonchev–Trinajstić information content (AvgIpc) is 2.68. The molecule has 23 heavy (non-hydrogen) atoms. The highest BCUT2D eigenvalue weighted by Gasteiger charge is 2.21. The Morgan fingerprint density at radius 2 is 1.91 bits per heavy atom. The van der Waals surface area contributed by atoms with Crippen LogP contribution in [0.2, 0.25) is 0 Å². The fourth-order valence-electron chi connectivity index (χ4n) is 3.40. The molecule has 0 aliphatic heterocycles. The number of ether oxygens (including phenoxy) is 1. The van der Waals surface area contributed by atoms with E-state index in [1.165, 1.54) is 38.5 Å². The van der Waals surface area contributed by atoms with Gasteiger partial charge in [-0.25, -0.2) is 4.79 Å². The topological polar surface area (TPSA) is 50.4 Å². The molecule has 1 aliphatic rings. The van der Waals surface area contributed by atoms with Crippen molar-refractivity contribution < 1.29 is 9.53 Å². The number of rotatable bonds is 7. The first-order valence-electron chi connectivity index (χ1n) is 9.57. The summed E-state index contributed by atoms with van der Waals surface area (Å²) in [5.74, 6) is 0.909. The molecule has 0 radical (unpaired) electrons. The molecule has 0 saturated heterocycles. The van der Waals surface area contributed by atoms with E-state index in [2.05, 4.69) is 24.5 Å². The summed E-state index contributed by atoms with van der Waals surface area (Å²) in [5.41, 5.74) is -0.436. The number of hydrogen-bond acceptors (Lipinski definition) is 3. The summed E-state index contributed by atoms with van der Waals surface area (Å²) in [5, 5.41) is 6.72. The van der Waals surface area contributed by atoms with Gasteiger partial charge in [0.1, 0.15) is 5.60 Å². The zero-order valence-corrected chi connectivity index (χ0v) is 15.9. The second-order valence-corrected chi connectivity index (χ2v) is 8.01. The molecular weight excluding hydrogens is 288 g/mol. The predicted octanol–water partition coefficient (Wildman–Crippen LogP) is 4.63. The van der Waals surface area contributed by atoms with Gasteiger partial charge in [-0.1, -0.05) is 39.5 Å². The van der Waals surface area contributed by atoms with Gasteiger partial charge in [0.15, 0.2) is 0 Å². The minimum absolute atomic E-state index is 0.313. The van der Waals surface area contributed by atoms with Crippen LogP contribution in [0.1, 0.15) is 86.0 Å². The van der Waals surface area contributed by atoms with Crippen molar-refractivity contribution >= 4 is 6.09 Å². The first kappa shape index (κ1) is 20.3. The van der Waals surface area contributed by atoms with Gasteiger partial charge in [0, 0.05) is 18.6 Å². The highest BCUT2D eigenvalue weighted by molar-refractivity contribution is 5.67. The Balaban J connectivity index is 2.40. The van der Waals surface area contributed by atoms with Gasteiger partial charge in [0.25, 0.3) is 0 Å². The third-order valence-electron chi connectivity index (χ3n) is 4.67. The fourth-order valence-corrected chi connectivity index (χ4v) is 3.40. The maximum atomic E-state index is 11.8. The van der Waals surface area contributed by atoms with Gasteiger partial charge in [-0.3, -0.25) is 0 Å². The van der Waals surface area contributed by atoms with Crippen molar-refractivity contribution in [2.45, 2.75) is 104 Å². The standard InChI is InChI=1S/C19H38N2O2/c1-6-9-17(14-20-18(22)23-19(3,4)5)21-16-11-8-10-15(7-2)12-13-16/h15-17,21H,6-14H2,1-5H3,(H,20,22). The Kier molecular flexibility index (Phi) is 8.96. The molecule has 0 spiro atoms. The molecule has 0 aromatic carbocycles. The zero-order valence-electron chi connectivity index (χ0n) is 15.9. The van der Waals surface area contributed by atoms with E-state index in [1.54, 1.807) is 0 Å². The molecular formula is C19H38N2O2. The van der Waals surface area contributed by atoms with Crippen LogP contribution in [-0.4, -0.2) is 30.3 Å². The van der Waals surface area contributed by atoms with Crippen LogP contribution in [0.4, 0.5) is 4.79 Å². The molecule has 4 heteroatoms. The largest absolute Gasteiger partial charge is 0.444 e. The molecule has 1 fully saturated rings. The Hall–Kier alpha value is -0.770. The van der Waals surface area contributed by atoms with Gasteiger partial charge < -0.3 is 15.4 Å². The third kappa shape index (κ3) is 9.19. The molecule has 1 amide bonds. The highest BCUT2D eigenvalue weighted by atomic mass is 16.6. The summed E-state index contributed by atoms with van der Waals surface area (Å²) in [6, 6.07) is 0.944. The molecule has 0 bridgehead atoms. The molecule has 1 aliphatic carbocycles. The number of hydrogen-bond donors (Lipinski definition) is 2. The highest BCUT2D eigenvalue weighted by Crippen LogP contribution is 2.25. The summed E-state index contributed by atoms with van der Waals surface area (Å²) in [4.78, 5) is 11.8. The van der Waals surface area contributed by atoms with Gasteiger partial charge in [-0.2, -0.15) is 0 Å². The maximum absolute atomic E-state index is 11.8. The Morgan fingerprint density at radius 3 is 2.52 bits per heavy atom. The lowest BCUT2D eigenvalue weighted by Crippen LogP contribution is -2.46. The second-order valence-electron chi connectivity index (χ2n) is 8.01. The zero-order chi connectivity index (χ0) is 17.3. The lowest BCUT2D eigenvalue weighted by Gasteiger charge is -2.26. The number of alkyl carbamates (subject to hydrolysis) is 1. The first-order chi connectivity index (χ1) is 10.8. The summed E-state index contributed by atoms with van der Waals surface area (Å²) in [6.45, 7) is 10.8. The Bertz CT molecular complexity index is 339. The fraction of sp³-hybridized carbons (Fsp3) is 0.947. The van der Waals surface area contributed by atoms with E-state index in [1.807, 2.05) is 20.8 Å². The van der Waals surface area contributed by atoms with Crippen molar-refractivity contribution in [2.24, 2.45) is 5.92 Å². The van der Waals surface area contributed by atoms with Crippen LogP contribution in [0, 0.1) is 5.92 Å². The van der Waals surface area contributed by atoms with Gasteiger partial charge in [-0.15, -0.1) is 0 Å². The average molecular weight is 327 g/mol. The van der Waals surface area contributed by atoms with E-state index in [9.17, 15) is 4.79 Å². The molecule has 3 unspecified atom stereocenters. The van der Waals surface area contributed by atoms with Gasteiger partial charge in [-0.05, 0) is 52.4 Å². The van der Waals surface area contributed by atoms with Crippen molar-refractivity contribution in [3.05, 3.63) is 0 Å². The van der Waals surface area contributed by atoms with E-state index >= 15 is 0 Å². The predicted molar refractivity (Wildman–Crippen MR) is 96.7 cm³/mol. The van der Waals surface area contributed by atoms with E-state index in [-0.39, 0.29) is 6.09 Å². The Morgan fingerprint density at radius 1 is 1.17 bits per heavy atom. The molecule has 0 aromatic heterocycles. The monoisotopic (exact) mass is 326 g/mol. The van der Waals surface area contributed by atoms with Crippen LogP contribution < -0.4 is 10.6 Å². The van der Waals surface area contributed by atoms with Crippen LogP contribution in [0.3, 0.4) is 0 Å². The van der Waals surface area contributed by atoms with Crippen molar-refractivity contribution in [1.29, 1.82) is 0 Å². The lowest BCUT2D eigenvalue weighted by atomic mass is 9.97. The van der Waals surface area contributed by atoms with Crippen LogP contribution in [0.15, 0.2) is 0 Å². The number of carbonyl (C=O) groups is 1. The number of carbonyl (C=O) groups excluding carboxylic acids is 1. The van der Waals surface area contributed by atoms with Crippen molar-refractivity contribution in [3.63, 3.8) is 0 Å². The smallest absolute Gasteiger partial charge is 0.407 e. The normalized spacial score (nSPS) is 23.9. The molecule has 3 atom stereocenters. The molecule has 0 heterocycles. The summed E-state index contributed by atoms with van der Waals surface area (Å²) in [6.07, 6.45) is 9.79. The number of amides is 1. The minimum atomic E-state index is -0.436. The molecule has 2 N–H and O–H groups in total. The molecule has 4 nitrogen and oxygen atoms in total. The maximum Gasteiger partial charge on any atom is 0.407 e.